The van der Waals surface area contributed by atoms with E-state index in [1.165, 1.54) is 18.5 Å². The molecule has 5 nitrogen and oxygen atoms in total. The molecular weight excluding hydrogens is 374 g/mol. The fourth-order valence-corrected chi connectivity index (χ4v) is 6.01. The number of benzene rings is 1. The van der Waals surface area contributed by atoms with Gasteiger partial charge in [0.25, 0.3) is 5.91 Å². The summed E-state index contributed by atoms with van der Waals surface area (Å²) in [6.07, 6.45) is 11.7. The molecule has 1 amide bonds. The van der Waals surface area contributed by atoms with Crippen molar-refractivity contribution in [1.82, 2.24) is 15.1 Å². The molecule has 5 atom stereocenters. The van der Waals surface area contributed by atoms with E-state index in [4.69, 9.17) is 4.74 Å². The number of nitrogens with zero attached hydrogens (tertiary/aromatic N) is 2. The number of rotatable bonds is 5. The Morgan fingerprint density at radius 2 is 2.07 bits per heavy atom. The average molecular weight is 406 g/mol. The first-order chi connectivity index (χ1) is 14.6. The summed E-state index contributed by atoms with van der Waals surface area (Å²) in [6.45, 7) is 1.82. The van der Waals surface area contributed by atoms with Crippen molar-refractivity contribution in [2.45, 2.75) is 18.9 Å². The Hall–Kier alpha value is -2.53. The highest BCUT2D eigenvalue weighted by Crippen LogP contribution is 2.52. The van der Waals surface area contributed by atoms with E-state index in [2.05, 4.69) is 53.6 Å². The summed E-state index contributed by atoms with van der Waals surface area (Å²) in [5.41, 5.74) is 3.04. The van der Waals surface area contributed by atoms with Crippen molar-refractivity contribution < 1.29 is 9.53 Å². The first-order valence-corrected chi connectivity index (χ1v) is 11.1. The highest BCUT2D eigenvalue weighted by atomic mass is 16.5. The molecule has 158 valence electrons. The van der Waals surface area contributed by atoms with Crippen molar-refractivity contribution in [2.75, 3.05) is 33.8 Å². The molecule has 30 heavy (non-hydrogen) atoms. The van der Waals surface area contributed by atoms with Crippen molar-refractivity contribution in [3.63, 3.8) is 0 Å². The van der Waals surface area contributed by atoms with E-state index in [1.54, 1.807) is 5.57 Å². The molecule has 0 spiro atoms. The molecule has 0 bridgehead atoms. The number of ether oxygens (including phenoxy) is 1. The third-order valence-corrected chi connectivity index (χ3v) is 7.32. The maximum absolute atomic E-state index is 12.3. The van der Waals surface area contributed by atoms with Crippen LogP contribution in [0.15, 0.2) is 66.0 Å². The van der Waals surface area contributed by atoms with Crippen LogP contribution in [0.2, 0.25) is 0 Å². The molecule has 1 saturated heterocycles. The standard InChI is InChI=1S/C25H31N3O2/c1-27-14-17(13-26-24(29)16-30-19-7-4-3-5-8-19)11-21-20-9-6-10-22-25(20)18(12-23(21)27)15-28(22)2/h3-10,15,17,20-21,23,25H,11-14,16H2,1-2H3,(H,26,29)/t17-,20?,21+,23+,25?/m0/s1. The second kappa shape index (κ2) is 7.95. The Bertz CT molecular complexity index is 891. The molecule has 1 saturated carbocycles. The van der Waals surface area contributed by atoms with Crippen LogP contribution in [0.3, 0.4) is 0 Å². The number of hydrogen-bond acceptors (Lipinski definition) is 4. The lowest BCUT2D eigenvalue weighted by molar-refractivity contribution is -0.123. The van der Waals surface area contributed by atoms with Gasteiger partial charge in [0.1, 0.15) is 5.75 Å². The molecular formula is C25H31N3O2. The van der Waals surface area contributed by atoms with Crippen molar-refractivity contribution in [3.8, 4) is 5.75 Å². The highest BCUT2D eigenvalue weighted by Gasteiger charge is 2.49. The van der Waals surface area contributed by atoms with E-state index in [9.17, 15) is 4.79 Å². The molecule has 2 fully saturated rings. The third-order valence-electron chi connectivity index (χ3n) is 7.32. The third kappa shape index (κ3) is 3.56. The van der Waals surface area contributed by atoms with E-state index in [1.807, 2.05) is 30.3 Å². The minimum atomic E-state index is -0.0438. The minimum absolute atomic E-state index is 0.0438. The van der Waals surface area contributed by atoms with E-state index in [-0.39, 0.29) is 12.5 Å². The van der Waals surface area contributed by atoms with Crippen LogP contribution in [0.25, 0.3) is 0 Å². The van der Waals surface area contributed by atoms with E-state index in [0.29, 0.717) is 29.7 Å². The first-order valence-electron chi connectivity index (χ1n) is 11.1. The smallest absolute Gasteiger partial charge is 0.257 e. The van der Waals surface area contributed by atoms with Crippen LogP contribution in [-0.4, -0.2) is 55.5 Å². The Morgan fingerprint density at radius 1 is 1.23 bits per heavy atom. The summed E-state index contributed by atoms with van der Waals surface area (Å²) in [5, 5.41) is 3.11. The summed E-state index contributed by atoms with van der Waals surface area (Å²) >= 11 is 0. The maximum Gasteiger partial charge on any atom is 0.257 e. The Kier molecular flexibility index (Phi) is 5.15. The SMILES string of the molecule is CN1C=C2C[C@@H]3[C@H](C[C@@H](CNC(=O)COc4ccccc4)CN3C)C3C=CC=C1C23. The zero-order valence-electron chi connectivity index (χ0n) is 17.8. The lowest BCUT2D eigenvalue weighted by atomic mass is 9.61. The minimum Gasteiger partial charge on any atom is -0.484 e. The van der Waals surface area contributed by atoms with Crippen LogP contribution >= 0.6 is 0 Å². The molecule has 4 aliphatic rings. The molecule has 5 rings (SSSR count). The second-order valence-electron chi connectivity index (χ2n) is 9.23. The van der Waals surface area contributed by atoms with Crippen LogP contribution in [0.1, 0.15) is 12.8 Å². The summed E-state index contributed by atoms with van der Waals surface area (Å²) in [7, 11) is 4.43. The number of amides is 1. The topological polar surface area (TPSA) is 44.8 Å². The number of carbonyl (C=O) groups excluding carboxylic acids is 1. The van der Waals surface area contributed by atoms with E-state index in [0.717, 1.165) is 18.8 Å². The summed E-state index contributed by atoms with van der Waals surface area (Å²) in [5.74, 6) is 2.93. The molecule has 0 aromatic heterocycles. The number of piperidine rings is 1. The van der Waals surface area contributed by atoms with Gasteiger partial charge in [-0.1, -0.05) is 30.4 Å². The van der Waals surface area contributed by atoms with Gasteiger partial charge in [0.2, 0.25) is 0 Å². The molecule has 1 aromatic rings. The fraction of sp³-hybridized carbons (Fsp3) is 0.480. The molecule has 1 N–H and O–H groups in total. The van der Waals surface area contributed by atoms with Crippen molar-refractivity contribution in [1.29, 1.82) is 0 Å². The largest absolute Gasteiger partial charge is 0.484 e. The van der Waals surface area contributed by atoms with Crippen LogP contribution < -0.4 is 10.1 Å². The summed E-state index contributed by atoms with van der Waals surface area (Å²) < 4.78 is 5.58. The van der Waals surface area contributed by atoms with Gasteiger partial charge in [-0.15, -0.1) is 0 Å². The molecule has 2 unspecified atom stereocenters. The fourth-order valence-electron chi connectivity index (χ4n) is 6.01. The second-order valence-corrected chi connectivity index (χ2v) is 9.23. The van der Waals surface area contributed by atoms with Gasteiger partial charge in [0.05, 0.1) is 0 Å². The highest BCUT2D eigenvalue weighted by molar-refractivity contribution is 5.77. The lowest BCUT2D eigenvalue weighted by Crippen LogP contribution is -2.54. The van der Waals surface area contributed by atoms with Gasteiger partial charge in [-0.05, 0) is 61.4 Å². The van der Waals surface area contributed by atoms with E-state index < -0.39 is 0 Å². The van der Waals surface area contributed by atoms with Crippen molar-refractivity contribution >= 4 is 5.91 Å². The van der Waals surface area contributed by atoms with Gasteiger partial charge in [-0.2, -0.15) is 0 Å². The van der Waals surface area contributed by atoms with Crippen LogP contribution in [0.4, 0.5) is 0 Å². The van der Waals surface area contributed by atoms with Gasteiger partial charge < -0.3 is 19.9 Å². The average Bonchev–Trinajstić information content (AvgIpc) is 3.09. The maximum atomic E-state index is 12.3. The molecule has 2 aliphatic heterocycles. The molecule has 1 aromatic carbocycles. The predicted octanol–water partition coefficient (Wildman–Crippen LogP) is 3.04. The number of para-hydroxylation sites is 1. The predicted molar refractivity (Wildman–Crippen MR) is 118 cm³/mol. The van der Waals surface area contributed by atoms with Gasteiger partial charge in [0.15, 0.2) is 6.61 Å². The van der Waals surface area contributed by atoms with Crippen molar-refractivity contribution in [2.24, 2.45) is 23.7 Å². The molecule has 2 aliphatic carbocycles. The molecule has 0 radical (unpaired) electrons. The zero-order chi connectivity index (χ0) is 20.7. The number of fused-ring (bicyclic) bond motifs is 2. The van der Waals surface area contributed by atoms with Crippen molar-refractivity contribution in [3.05, 3.63) is 66.0 Å². The summed E-state index contributed by atoms with van der Waals surface area (Å²) in [4.78, 5) is 17.2. The van der Waals surface area contributed by atoms with Crippen LogP contribution in [0.5, 0.6) is 5.75 Å². The number of hydrogen-bond donors (Lipinski definition) is 1. The van der Waals surface area contributed by atoms with E-state index >= 15 is 0 Å². The quantitative estimate of drug-likeness (QED) is 0.818. The number of allylic oxidation sites excluding steroid dienone is 4. The van der Waals surface area contributed by atoms with Crippen LogP contribution in [-0.2, 0) is 4.79 Å². The summed E-state index contributed by atoms with van der Waals surface area (Å²) in [6, 6.07) is 10.1. The number of carbonyl (C=O) groups is 1. The Morgan fingerprint density at radius 3 is 2.90 bits per heavy atom. The van der Waals surface area contributed by atoms with Crippen LogP contribution in [0, 0.1) is 23.7 Å². The lowest BCUT2D eigenvalue weighted by Gasteiger charge is -2.51. The Labute approximate surface area is 179 Å². The first kappa shape index (κ1) is 19.4. The van der Waals surface area contributed by atoms with Gasteiger partial charge in [-0.25, -0.2) is 0 Å². The van der Waals surface area contributed by atoms with Gasteiger partial charge >= 0.3 is 0 Å². The molecule has 5 heteroatoms. The van der Waals surface area contributed by atoms with Gasteiger partial charge in [0, 0.05) is 44.0 Å². The Balaban J connectivity index is 1.19. The number of nitrogens with one attached hydrogen (secondary N) is 1. The zero-order valence-corrected chi connectivity index (χ0v) is 17.8. The van der Waals surface area contributed by atoms with Gasteiger partial charge in [-0.3, -0.25) is 4.79 Å². The normalized spacial score (nSPS) is 32.1. The molecule has 2 heterocycles. The number of likely N-dealkylation sites (tertiary alicyclic amines) is 1. The monoisotopic (exact) mass is 405 g/mol.